The highest BCUT2D eigenvalue weighted by Gasteiger charge is 2.06. The standard InChI is InChI=1S/C10H12NO3/c12-10(11(13)14)8-4-7-9-5-2-1-3-6-9/h1-6,13-14H,7-8H2. The zero-order chi connectivity index (χ0) is 10.4. The third kappa shape index (κ3) is 3.55. The molecule has 1 rings (SSSR count). The highest BCUT2D eigenvalue weighted by atomic mass is 16.8. The maximum Gasteiger partial charge on any atom is 0.273 e. The summed E-state index contributed by atoms with van der Waals surface area (Å²) in [7, 11) is 0. The van der Waals surface area contributed by atoms with E-state index in [1.54, 1.807) is 6.42 Å². The van der Waals surface area contributed by atoms with Crippen molar-refractivity contribution in [1.29, 1.82) is 0 Å². The van der Waals surface area contributed by atoms with E-state index >= 15 is 0 Å². The van der Waals surface area contributed by atoms with Crippen LogP contribution in [0.15, 0.2) is 30.3 Å². The van der Waals surface area contributed by atoms with Gasteiger partial charge in [0.05, 0.1) is 0 Å². The third-order valence-corrected chi connectivity index (χ3v) is 1.76. The lowest BCUT2D eigenvalue weighted by atomic mass is 10.1. The van der Waals surface area contributed by atoms with Gasteiger partial charge in [-0.05, 0) is 18.4 Å². The fourth-order valence-corrected chi connectivity index (χ4v) is 1.06. The molecule has 0 aromatic heterocycles. The van der Waals surface area contributed by atoms with Crippen LogP contribution in [0.2, 0.25) is 0 Å². The summed E-state index contributed by atoms with van der Waals surface area (Å²) >= 11 is 0. The van der Waals surface area contributed by atoms with Crippen molar-refractivity contribution in [3.05, 3.63) is 42.3 Å². The van der Waals surface area contributed by atoms with E-state index in [4.69, 9.17) is 10.4 Å². The van der Waals surface area contributed by atoms with Crippen LogP contribution < -0.4 is 0 Å². The van der Waals surface area contributed by atoms with Gasteiger partial charge in [-0.1, -0.05) is 35.6 Å². The minimum absolute atomic E-state index is 0.0158. The average Bonchev–Trinajstić information content (AvgIpc) is 2.19. The molecule has 0 bridgehead atoms. The molecule has 0 unspecified atom stereocenters. The zero-order valence-corrected chi connectivity index (χ0v) is 7.63. The van der Waals surface area contributed by atoms with Gasteiger partial charge in [0.15, 0.2) is 0 Å². The predicted molar refractivity (Wildman–Crippen MR) is 49.5 cm³/mol. The Hall–Kier alpha value is -1.39. The molecule has 1 aromatic rings. The molecule has 4 heteroatoms. The summed E-state index contributed by atoms with van der Waals surface area (Å²) in [4.78, 5) is 10.7. The van der Waals surface area contributed by atoms with Crippen molar-refractivity contribution >= 4 is 5.91 Å². The smallest absolute Gasteiger partial charge is 0.270 e. The molecule has 1 aromatic carbocycles. The summed E-state index contributed by atoms with van der Waals surface area (Å²) in [5.74, 6) is -0.735. The topological polar surface area (TPSA) is 60.8 Å². The summed E-state index contributed by atoms with van der Waals surface area (Å²) in [5.41, 5.74) is 1.09. The predicted octanol–water partition coefficient (Wildman–Crippen LogP) is 1.43. The third-order valence-electron chi connectivity index (χ3n) is 1.76. The Morgan fingerprint density at radius 3 is 2.50 bits per heavy atom. The van der Waals surface area contributed by atoms with Crippen LogP contribution in [0, 0.1) is 6.42 Å². The van der Waals surface area contributed by atoms with Gasteiger partial charge < -0.3 is 0 Å². The molecule has 2 N–H and O–H groups in total. The number of hydrogen-bond donors (Lipinski definition) is 2. The van der Waals surface area contributed by atoms with E-state index in [0.29, 0.717) is 6.42 Å². The van der Waals surface area contributed by atoms with Crippen LogP contribution in [0.25, 0.3) is 0 Å². The second-order valence-electron chi connectivity index (χ2n) is 2.87. The lowest BCUT2D eigenvalue weighted by molar-refractivity contribution is -0.284. The quantitative estimate of drug-likeness (QED) is 0.563. The molecule has 0 fully saturated rings. The van der Waals surface area contributed by atoms with Crippen LogP contribution in [-0.2, 0) is 11.2 Å². The molecule has 0 aliphatic carbocycles. The van der Waals surface area contributed by atoms with Crippen molar-refractivity contribution in [1.82, 2.24) is 5.23 Å². The van der Waals surface area contributed by atoms with Crippen molar-refractivity contribution in [2.45, 2.75) is 12.8 Å². The number of rotatable bonds is 4. The Labute approximate surface area is 82.3 Å². The van der Waals surface area contributed by atoms with E-state index in [9.17, 15) is 4.79 Å². The molecule has 0 saturated carbocycles. The molecule has 1 amide bonds. The first-order valence-corrected chi connectivity index (χ1v) is 4.26. The highest BCUT2D eigenvalue weighted by Crippen LogP contribution is 2.04. The van der Waals surface area contributed by atoms with Crippen LogP contribution in [-0.4, -0.2) is 21.5 Å². The fraction of sp³-hybridized carbons (Fsp3) is 0.200. The van der Waals surface area contributed by atoms with Crippen molar-refractivity contribution in [2.75, 3.05) is 0 Å². The second-order valence-corrected chi connectivity index (χ2v) is 2.87. The molecule has 0 atom stereocenters. The average molecular weight is 194 g/mol. The summed E-state index contributed by atoms with van der Waals surface area (Å²) in [6.45, 7) is 0. The number of carbonyl (C=O) groups is 1. The Kier molecular flexibility index (Phi) is 4.10. The van der Waals surface area contributed by atoms with Gasteiger partial charge >= 0.3 is 0 Å². The molecular formula is C10H12NO3. The highest BCUT2D eigenvalue weighted by molar-refractivity contribution is 5.74. The molecule has 0 heterocycles. The lowest BCUT2D eigenvalue weighted by Crippen LogP contribution is -2.23. The molecule has 0 saturated heterocycles. The van der Waals surface area contributed by atoms with E-state index in [-0.39, 0.29) is 11.6 Å². The monoisotopic (exact) mass is 194 g/mol. The molecule has 1 radical (unpaired) electrons. The Bertz CT molecular complexity index is 285. The number of nitrogens with zero attached hydrogens (tertiary/aromatic N) is 1. The summed E-state index contributed by atoms with van der Waals surface area (Å²) in [6, 6.07) is 9.62. The molecule has 14 heavy (non-hydrogen) atoms. The molecular weight excluding hydrogens is 182 g/mol. The van der Waals surface area contributed by atoms with Gasteiger partial charge in [0.25, 0.3) is 5.91 Å². The van der Waals surface area contributed by atoms with Crippen LogP contribution in [0.3, 0.4) is 0 Å². The van der Waals surface area contributed by atoms with Crippen molar-refractivity contribution < 1.29 is 15.2 Å². The molecule has 0 spiro atoms. The van der Waals surface area contributed by atoms with Gasteiger partial charge in [-0.3, -0.25) is 15.2 Å². The van der Waals surface area contributed by atoms with E-state index < -0.39 is 5.91 Å². The van der Waals surface area contributed by atoms with Crippen molar-refractivity contribution in [3.8, 4) is 0 Å². The zero-order valence-electron chi connectivity index (χ0n) is 7.63. The van der Waals surface area contributed by atoms with Crippen LogP contribution >= 0.6 is 0 Å². The van der Waals surface area contributed by atoms with E-state index in [0.717, 1.165) is 5.56 Å². The molecule has 75 valence electrons. The Balaban J connectivity index is 2.26. The van der Waals surface area contributed by atoms with Gasteiger partial charge in [-0.25, -0.2) is 0 Å². The first kappa shape index (κ1) is 10.7. The van der Waals surface area contributed by atoms with Crippen molar-refractivity contribution in [2.24, 2.45) is 0 Å². The Morgan fingerprint density at radius 2 is 1.93 bits per heavy atom. The number of benzene rings is 1. The number of hydroxylamine groups is 2. The largest absolute Gasteiger partial charge is 0.273 e. The van der Waals surface area contributed by atoms with E-state index in [2.05, 4.69) is 0 Å². The van der Waals surface area contributed by atoms with Gasteiger partial charge in [0.2, 0.25) is 0 Å². The number of hydrogen-bond acceptors (Lipinski definition) is 3. The van der Waals surface area contributed by atoms with Crippen LogP contribution in [0.1, 0.15) is 12.0 Å². The van der Waals surface area contributed by atoms with Gasteiger partial charge in [0, 0.05) is 6.42 Å². The lowest BCUT2D eigenvalue weighted by Gasteiger charge is -2.05. The molecule has 4 nitrogen and oxygen atoms in total. The summed E-state index contributed by atoms with van der Waals surface area (Å²) in [5, 5.41) is 16.3. The number of amides is 1. The SMILES string of the molecule is O=C(C[CH]Cc1ccccc1)N(O)O. The van der Waals surface area contributed by atoms with E-state index in [1.807, 2.05) is 30.3 Å². The summed E-state index contributed by atoms with van der Waals surface area (Å²) in [6.07, 6.45) is 2.35. The Morgan fingerprint density at radius 1 is 1.29 bits per heavy atom. The first-order valence-electron chi connectivity index (χ1n) is 4.26. The normalized spacial score (nSPS) is 9.86. The fourth-order valence-electron chi connectivity index (χ4n) is 1.06. The van der Waals surface area contributed by atoms with Gasteiger partial charge in [-0.2, -0.15) is 0 Å². The molecule has 0 aliphatic heterocycles. The maximum absolute atomic E-state index is 10.7. The van der Waals surface area contributed by atoms with Crippen LogP contribution in [0.4, 0.5) is 0 Å². The van der Waals surface area contributed by atoms with Crippen molar-refractivity contribution in [3.63, 3.8) is 0 Å². The van der Waals surface area contributed by atoms with Gasteiger partial charge in [0.1, 0.15) is 0 Å². The van der Waals surface area contributed by atoms with E-state index in [1.165, 1.54) is 0 Å². The molecule has 0 aliphatic rings. The van der Waals surface area contributed by atoms with Gasteiger partial charge in [-0.15, -0.1) is 0 Å². The minimum Gasteiger partial charge on any atom is -0.270 e. The number of carbonyl (C=O) groups excluding carboxylic acids is 1. The van der Waals surface area contributed by atoms with Crippen LogP contribution in [0.5, 0.6) is 0 Å². The summed E-state index contributed by atoms with van der Waals surface area (Å²) < 4.78 is 0. The first-order chi connectivity index (χ1) is 6.70. The maximum atomic E-state index is 10.7. The second kappa shape index (κ2) is 5.36. The minimum atomic E-state index is -0.735.